The van der Waals surface area contributed by atoms with E-state index in [1.165, 1.54) is 24.5 Å². The van der Waals surface area contributed by atoms with E-state index in [0.717, 1.165) is 10.00 Å². The highest BCUT2D eigenvalue weighted by Gasteiger charge is 2.28. The normalized spacial score (nSPS) is 11.8. The Hall–Kier alpha value is -2.40. The van der Waals surface area contributed by atoms with Crippen LogP contribution in [0.4, 0.5) is 5.13 Å². The first-order valence-corrected chi connectivity index (χ1v) is 10.8. The van der Waals surface area contributed by atoms with Gasteiger partial charge in [0, 0.05) is 42.2 Å². The summed E-state index contributed by atoms with van der Waals surface area (Å²) in [6.07, 6.45) is 3.14. The Morgan fingerprint density at radius 3 is 2.86 bits per heavy atom. The zero-order valence-corrected chi connectivity index (χ0v) is 17.1. The van der Waals surface area contributed by atoms with Crippen LogP contribution in [-0.4, -0.2) is 55.4 Å². The average molecular weight is 421 g/mol. The van der Waals surface area contributed by atoms with Crippen LogP contribution in [0.1, 0.15) is 5.69 Å². The van der Waals surface area contributed by atoms with Crippen molar-refractivity contribution in [2.75, 3.05) is 32.1 Å². The fourth-order valence-corrected chi connectivity index (χ4v) is 4.96. The van der Waals surface area contributed by atoms with E-state index in [-0.39, 0.29) is 24.6 Å². The van der Waals surface area contributed by atoms with Crippen LogP contribution in [0, 0.1) is 6.92 Å². The third-order valence-corrected chi connectivity index (χ3v) is 6.77. The summed E-state index contributed by atoms with van der Waals surface area (Å²) < 4.78 is 32.8. The number of aromatic nitrogens is 2. The third-order valence-electron chi connectivity index (χ3n) is 3.99. The molecule has 0 unspecified atom stereocenters. The second kappa shape index (κ2) is 8.74. The third kappa shape index (κ3) is 4.53. The zero-order chi connectivity index (χ0) is 20.1. The van der Waals surface area contributed by atoms with Crippen molar-refractivity contribution >= 4 is 43.2 Å². The number of aryl methyl sites for hydroxylation is 1. The molecule has 0 aliphatic carbocycles. The molecule has 28 heavy (non-hydrogen) atoms. The number of fused-ring (bicyclic) bond motifs is 1. The molecule has 1 aromatic carbocycles. The van der Waals surface area contributed by atoms with Crippen LogP contribution in [0.5, 0.6) is 0 Å². The number of ether oxygens (including phenoxy) is 1. The molecule has 0 aliphatic rings. The molecule has 2 heterocycles. The molecule has 0 bridgehead atoms. The number of benzene rings is 1. The van der Waals surface area contributed by atoms with Crippen molar-refractivity contribution in [3.05, 3.63) is 47.7 Å². The second-order valence-electron chi connectivity index (χ2n) is 6.03. The molecule has 2 aromatic heterocycles. The highest BCUT2D eigenvalue weighted by atomic mass is 32.2. The smallest absolute Gasteiger partial charge is 0.244 e. The zero-order valence-electron chi connectivity index (χ0n) is 15.5. The molecular weight excluding hydrogens is 400 g/mol. The number of rotatable bonds is 8. The largest absolute Gasteiger partial charge is 0.383 e. The highest BCUT2D eigenvalue weighted by molar-refractivity contribution is 7.89. The molecule has 0 atom stereocenters. The number of carbonyl (C=O) groups excluding carboxylic acids is 1. The van der Waals surface area contributed by atoms with Crippen LogP contribution in [0.15, 0.2) is 46.9 Å². The van der Waals surface area contributed by atoms with E-state index in [1.807, 2.05) is 6.92 Å². The Morgan fingerprint density at radius 2 is 2.14 bits per heavy atom. The molecule has 148 valence electrons. The topological polar surface area (TPSA) is 101 Å². The van der Waals surface area contributed by atoms with Crippen molar-refractivity contribution in [1.82, 2.24) is 14.3 Å². The van der Waals surface area contributed by atoms with E-state index in [1.54, 1.807) is 36.0 Å². The summed E-state index contributed by atoms with van der Waals surface area (Å²) in [5.41, 5.74) is 0.786. The first-order valence-electron chi connectivity index (χ1n) is 8.45. The molecule has 0 aliphatic heterocycles. The number of hydrogen-bond donors (Lipinski definition) is 1. The van der Waals surface area contributed by atoms with Crippen molar-refractivity contribution in [2.45, 2.75) is 11.8 Å². The molecule has 0 spiro atoms. The van der Waals surface area contributed by atoms with Crippen molar-refractivity contribution < 1.29 is 17.9 Å². The predicted molar refractivity (Wildman–Crippen MR) is 108 cm³/mol. The Morgan fingerprint density at radius 1 is 1.32 bits per heavy atom. The molecule has 1 N–H and O–H groups in total. The number of sulfonamides is 1. The van der Waals surface area contributed by atoms with Gasteiger partial charge in [-0.15, -0.1) is 11.3 Å². The fourth-order valence-electron chi connectivity index (χ4n) is 2.66. The van der Waals surface area contributed by atoms with Gasteiger partial charge in [0.05, 0.1) is 23.7 Å². The average Bonchev–Trinajstić information content (AvgIpc) is 3.09. The Balaban J connectivity index is 1.89. The van der Waals surface area contributed by atoms with Crippen molar-refractivity contribution in [1.29, 1.82) is 0 Å². The summed E-state index contributed by atoms with van der Waals surface area (Å²) in [7, 11) is -2.46. The standard InChI is InChI=1S/C18H20N4O4S2/c1-13-12-27-18(20-13)21-17(23)11-22(8-9-26-2)28(24,25)16-5-3-4-14-10-19-7-6-15(14)16/h3-7,10,12H,8-9,11H2,1-2H3,(H,20,21,23). The second-order valence-corrected chi connectivity index (χ2v) is 8.79. The van der Waals surface area contributed by atoms with Gasteiger partial charge in [0.25, 0.3) is 0 Å². The Labute approximate surface area is 167 Å². The first-order chi connectivity index (χ1) is 13.4. The molecule has 0 saturated carbocycles. The van der Waals surface area contributed by atoms with Gasteiger partial charge in [-0.3, -0.25) is 9.78 Å². The molecule has 3 rings (SSSR count). The van der Waals surface area contributed by atoms with Gasteiger partial charge in [-0.2, -0.15) is 4.31 Å². The first kappa shape index (κ1) is 20.3. The van der Waals surface area contributed by atoms with Gasteiger partial charge in [0.2, 0.25) is 15.9 Å². The van der Waals surface area contributed by atoms with Crippen LogP contribution in [0.2, 0.25) is 0 Å². The lowest BCUT2D eigenvalue weighted by Gasteiger charge is -2.22. The lowest BCUT2D eigenvalue weighted by molar-refractivity contribution is -0.116. The van der Waals surface area contributed by atoms with Crippen LogP contribution in [0.25, 0.3) is 10.8 Å². The fraction of sp³-hybridized carbons (Fsp3) is 0.278. The molecule has 10 heteroatoms. The van der Waals surface area contributed by atoms with Crippen LogP contribution >= 0.6 is 11.3 Å². The van der Waals surface area contributed by atoms with Crippen molar-refractivity contribution in [2.24, 2.45) is 0 Å². The van der Waals surface area contributed by atoms with Crippen LogP contribution in [0.3, 0.4) is 0 Å². The number of methoxy groups -OCH3 is 1. The quantitative estimate of drug-likeness (QED) is 0.600. The number of hydrogen-bond acceptors (Lipinski definition) is 7. The monoisotopic (exact) mass is 420 g/mol. The number of nitrogens with zero attached hydrogens (tertiary/aromatic N) is 3. The van der Waals surface area contributed by atoms with Gasteiger partial charge >= 0.3 is 0 Å². The summed E-state index contributed by atoms with van der Waals surface area (Å²) in [4.78, 5) is 20.8. The van der Waals surface area contributed by atoms with E-state index in [2.05, 4.69) is 15.3 Å². The number of anilines is 1. The van der Waals surface area contributed by atoms with Crippen LogP contribution in [-0.2, 0) is 19.6 Å². The maximum Gasteiger partial charge on any atom is 0.244 e. The van der Waals surface area contributed by atoms with E-state index < -0.39 is 15.9 Å². The van der Waals surface area contributed by atoms with Crippen molar-refractivity contribution in [3.63, 3.8) is 0 Å². The van der Waals surface area contributed by atoms with Crippen LogP contribution < -0.4 is 5.32 Å². The maximum absolute atomic E-state index is 13.3. The lowest BCUT2D eigenvalue weighted by atomic mass is 10.2. The predicted octanol–water partition coefficient (Wildman–Crippen LogP) is 2.28. The van der Waals surface area contributed by atoms with Gasteiger partial charge in [-0.1, -0.05) is 12.1 Å². The van der Waals surface area contributed by atoms with Gasteiger partial charge in [0.1, 0.15) is 0 Å². The highest BCUT2D eigenvalue weighted by Crippen LogP contribution is 2.25. The lowest BCUT2D eigenvalue weighted by Crippen LogP contribution is -2.40. The summed E-state index contributed by atoms with van der Waals surface area (Å²) >= 11 is 1.29. The molecule has 8 nitrogen and oxygen atoms in total. The molecule has 0 radical (unpaired) electrons. The molecule has 3 aromatic rings. The maximum atomic E-state index is 13.3. The molecule has 1 amide bonds. The number of pyridine rings is 1. The SMILES string of the molecule is COCCN(CC(=O)Nc1nc(C)cs1)S(=O)(=O)c1cccc2cnccc12. The van der Waals surface area contributed by atoms with E-state index in [9.17, 15) is 13.2 Å². The number of nitrogens with one attached hydrogen (secondary N) is 1. The number of thiazole rings is 1. The minimum absolute atomic E-state index is 0.0463. The molecule has 0 saturated heterocycles. The summed E-state index contributed by atoms with van der Waals surface area (Å²) in [5, 5.41) is 6.14. The van der Waals surface area contributed by atoms with Crippen molar-refractivity contribution in [3.8, 4) is 0 Å². The summed E-state index contributed by atoms with van der Waals surface area (Å²) in [6.45, 7) is 1.68. The minimum Gasteiger partial charge on any atom is -0.383 e. The minimum atomic E-state index is -3.93. The van der Waals surface area contributed by atoms with E-state index in [0.29, 0.717) is 15.9 Å². The molecular formula is C18H20N4O4S2. The van der Waals surface area contributed by atoms with Gasteiger partial charge in [-0.05, 0) is 19.1 Å². The van der Waals surface area contributed by atoms with E-state index >= 15 is 0 Å². The summed E-state index contributed by atoms with van der Waals surface area (Å²) in [6, 6.07) is 6.62. The summed E-state index contributed by atoms with van der Waals surface area (Å²) in [5.74, 6) is -0.462. The van der Waals surface area contributed by atoms with Gasteiger partial charge < -0.3 is 10.1 Å². The Kier molecular flexibility index (Phi) is 6.35. The number of carbonyl (C=O) groups is 1. The van der Waals surface area contributed by atoms with Gasteiger partial charge in [0.15, 0.2) is 5.13 Å². The van der Waals surface area contributed by atoms with Gasteiger partial charge in [-0.25, -0.2) is 13.4 Å². The Bertz CT molecular complexity index is 1080. The molecule has 0 fully saturated rings. The van der Waals surface area contributed by atoms with E-state index in [4.69, 9.17) is 4.74 Å². The number of amides is 1.